The lowest BCUT2D eigenvalue weighted by molar-refractivity contribution is 0.0600. The predicted octanol–water partition coefficient (Wildman–Crippen LogP) is 2.09. The summed E-state index contributed by atoms with van der Waals surface area (Å²) in [4.78, 5) is 40.9. The van der Waals surface area contributed by atoms with Gasteiger partial charge in [0, 0.05) is 11.4 Å². The summed E-state index contributed by atoms with van der Waals surface area (Å²) in [6.45, 7) is 0. The normalized spacial score (nSPS) is 11.7. The molecule has 2 heterocycles. The SMILES string of the molecule is COC(=O)c1ccc(/C=c2\sc3nc(=O)c(Cc4ccccc4Cl)nn3c2=O)cc1. The van der Waals surface area contributed by atoms with Crippen LogP contribution in [-0.2, 0) is 11.2 Å². The van der Waals surface area contributed by atoms with Gasteiger partial charge in [0.05, 0.1) is 17.2 Å². The summed E-state index contributed by atoms with van der Waals surface area (Å²) in [5, 5.41) is 4.74. The monoisotopic (exact) mass is 439 g/mol. The summed E-state index contributed by atoms with van der Waals surface area (Å²) in [7, 11) is 1.31. The number of nitrogens with zero attached hydrogens (tertiary/aromatic N) is 3. The Morgan fingerprint density at radius 3 is 2.60 bits per heavy atom. The standard InChI is InChI=1S/C21H14ClN3O4S/c1-29-20(28)13-8-6-12(7-9-13)10-17-19(27)25-21(30-17)23-18(26)16(24-25)11-14-4-2-3-5-15(14)22/h2-10H,11H2,1H3/b17-10-. The number of halogens is 1. The molecular weight excluding hydrogens is 426 g/mol. The average molecular weight is 440 g/mol. The van der Waals surface area contributed by atoms with Crippen LogP contribution in [0.2, 0.25) is 5.02 Å². The van der Waals surface area contributed by atoms with Crippen molar-refractivity contribution in [2.45, 2.75) is 6.42 Å². The van der Waals surface area contributed by atoms with E-state index in [1.165, 1.54) is 7.11 Å². The van der Waals surface area contributed by atoms with E-state index >= 15 is 0 Å². The number of carbonyl (C=O) groups excluding carboxylic acids is 1. The number of esters is 1. The first-order valence-electron chi connectivity index (χ1n) is 8.82. The topological polar surface area (TPSA) is 90.6 Å². The fourth-order valence-electron chi connectivity index (χ4n) is 2.86. The van der Waals surface area contributed by atoms with Crippen LogP contribution in [0.15, 0.2) is 58.1 Å². The molecule has 0 saturated carbocycles. The molecule has 4 rings (SSSR count). The Balaban J connectivity index is 1.75. The van der Waals surface area contributed by atoms with E-state index in [4.69, 9.17) is 11.6 Å². The third-order valence-corrected chi connectivity index (χ3v) is 5.72. The van der Waals surface area contributed by atoms with Crippen molar-refractivity contribution < 1.29 is 9.53 Å². The Kier molecular flexibility index (Phi) is 5.43. The molecule has 0 spiro atoms. The Morgan fingerprint density at radius 1 is 1.17 bits per heavy atom. The highest BCUT2D eigenvalue weighted by molar-refractivity contribution is 7.15. The number of ether oxygens (including phenoxy) is 1. The molecule has 4 aromatic rings. The first-order valence-corrected chi connectivity index (χ1v) is 10.0. The second kappa shape index (κ2) is 8.17. The maximum Gasteiger partial charge on any atom is 0.337 e. The van der Waals surface area contributed by atoms with Gasteiger partial charge in [-0.1, -0.05) is 53.3 Å². The zero-order valence-corrected chi connectivity index (χ0v) is 17.2. The number of benzene rings is 2. The number of hydrogen-bond acceptors (Lipinski definition) is 7. The van der Waals surface area contributed by atoms with Crippen LogP contribution in [0.25, 0.3) is 11.0 Å². The minimum Gasteiger partial charge on any atom is -0.465 e. The summed E-state index contributed by atoms with van der Waals surface area (Å²) >= 11 is 7.23. The highest BCUT2D eigenvalue weighted by Crippen LogP contribution is 2.16. The molecule has 0 aliphatic rings. The lowest BCUT2D eigenvalue weighted by atomic mass is 10.1. The summed E-state index contributed by atoms with van der Waals surface area (Å²) < 4.78 is 6.17. The lowest BCUT2D eigenvalue weighted by Gasteiger charge is -2.02. The van der Waals surface area contributed by atoms with Crippen molar-refractivity contribution in [1.82, 2.24) is 14.6 Å². The first kappa shape index (κ1) is 19.9. The van der Waals surface area contributed by atoms with Crippen LogP contribution in [-0.4, -0.2) is 27.7 Å². The van der Waals surface area contributed by atoms with Crippen molar-refractivity contribution >= 4 is 39.9 Å². The third kappa shape index (κ3) is 3.87. The quantitative estimate of drug-likeness (QED) is 0.452. The Labute approximate surface area is 178 Å². The highest BCUT2D eigenvalue weighted by Gasteiger charge is 2.13. The van der Waals surface area contributed by atoms with E-state index in [-0.39, 0.29) is 22.6 Å². The van der Waals surface area contributed by atoms with Crippen LogP contribution < -0.4 is 15.7 Å². The molecule has 0 fully saturated rings. The number of aromatic nitrogens is 3. The summed E-state index contributed by atoms with van der Waals surface area (Å²) in [6, 6.07) is 13.7. The van der Waals surface area contributed by atoms with Crippen molar-refractivity contribution in [1.29, 1.82) is 0 Å². The van der Waals surface area contributed by atoms with Crippen LogP contribution in [0.5, 0.6) is 0 Å². The third-order valence-electron chi connectivity index (χ3n) is 4.40. The van der Waals surface area contributed by atoms with Gasteiger partial charge in [0.2, 0.25) is 4.96 Å². The molecule has 2 aromatic carbocycles. The molecule has 9 heteroatoms. The average Bonchev–Trinajstić information content (AvgIpc) is 3.04. The molecule has 0 radical (unpaired) electrons. The number of fused-ring (bicyclic) bond motifs is 1. The largest absolute Gasteiger partial charge is 0.465 e. The Morgan fingerprint density at radius 2 is 1.90 bits per heavy atom. The van der Waals surface area contributed by atoms with Gasteiger partial charge >= 0.3 is 5.97 Å². The maximum atomic E-state index is 12.8. The summed E-state index contributed by atoms with van der Waals surface area (Å²) in [5.41, 5.74) is 1.12. The van der Waals surface area contributed by atoms with Gasteiger partial charge in [-0.2, -0.15) is 14.6 Å². The van der Waals surface area contributed by atoms with Crippen molar-refractivity contribution in [3.05, 3.63) is 101 Å². The Bertz CT molecular complexity index is 1430. The lowest BCUT2D eigenvalue weighted by Crippen LogP contribution is -2.28. The summed E-state index contributed by atoms with van der Waals surface area (Å²) in [6.07, 6.45) is 1.83. The minimum atomic E-state index is -0.495. The van der Waals surface area contributed by atoms with E-state index in [1.54, 1.807) is 48.5 Å². The molecule has 0 saturated heterocycles. The second-order valence-electron chi connectivity index (χ2n) is 6.36. The zero-order valence-electron chi connectivity index (χ0n) is 15.7. The van der Waals surface area contributed by atoms with Crippen LogP contribution in [0.3, 0.4) is 0 Å². The van der Waals surface area contributed by atoms with Crippen LogP contribution in [0, 0.1) is 0 Å². The van der Waals surface area contributed by atoms with Gasteiger partial charge in [-0.05, 0) is 35.4 Å². The fourth-order valence-corrected chi connectivity index (χ4v) is 3.97. The number of hydrogen-bond donors (Lipinski definition) is 0. The van der Waals surface area contributed by atoms with Crippen LogP contribution >= 0.6 is 22.9 Å². The maximum absolute atomic E-state index is 12.8. The second-order valence-corrected chi connectivity index (χ2v) is 7.77. The first-order chi connectivity index (χ1) is 14.5. The smallest absolute Gasteiger partial charge is 0.337 e. The number of rotatable bonds is 4. The number of carbonyl (C=O) groups is 1. The van der Waals surface area contributed by atoms with E-state index in [9.17, 15) is 14.4 Å². The van der Waals surface area contributed by atoms with Crippen LogP contribution in [0.1, 0.15) is 27.2 Å². The molecule has 0 atom stereocenters. The molecule has 0 aliphatic carbocycles. The molecule has 0 N–H and O–H groups in total. The van der Waals surface area contributed by atoms with E-state index in [0.29, 0.717) is 20.7 Å². The van der Waals surface area contributed by atoms with Gasteiger partial charge < -0.3 is 4.74 Å². The Hall–Kier alpha value is -3.36. The molecular formula is C21H14ClN3O4S. The molecule has 0 amide bonds. The van der Waals surface area contributed by atoms with Crippen molar-refractivity contribution in [2.75, 3.05) is 7.11 Å². The zero-order chi connectivity index (χ0) is 21.3. The van der Waals surface area contributed by atoms with Gasteiger partial charge in [-0.25, -0.2) is 4.79 Å². The van der Waals surface area contributed by atoms with Gasteiger partial charge in [0.15, 0.2) is 0 Å². The molecule has 150 valence electrons. The van der Waals surface area contributed by atoms with Crippen LogP contribution in [0.4, 0.5) is 0 Å². The number of thiazole rings is 1. The van der Waals surface area contributed by atoms with Gasteiger partial charge in [0.25, 0.3) is 11.1 Å². The van der Waals surface area contributed by atoms with Gasteiger partial charge in [-0.3, -0.25) is 9.59 Å². The molecule has 7 nitrogen and oxygen atoms in total. The molecule has 30 heavy (non-hydrogen) atoms. The minimum absolute atomic E-state index is 0.143. The van der Waals surface area contributed by atoms with E-state index in [2.05, 4.69) is 14.8 Å². The van der Waals surface area contributed by atoms with Crippen molar-refractivity contribution in [2.24, 2.45) is 0 Å². The molecule has 0 bridgehead atoms. The van der Waals surface area contributed by atoms with Crippen molar-refractivity contribution in [3.63, 3.8) is 0 Å². The summed E-state index contributed by atoms with van der Waals surface area (Å²) in [5.74, 6) is -0.439. The molecule has 2 aromatic heterocycles. The van der Waals surface area contributed by atoms with Gasteiger partial charge in [-0.15, -0.1) is 0 Å². The van der Waals surface area contributed by atoms with Crippen molar-refractivity contribution in [3.8, 4) is 0 Å². The van der Waals surface area contributed by atoms with E-state index in [0.717, 1.165) is 21.4 Å². The highest BCUT2D eigenvalue weighted by atomic mass is 35.5. The number of methoxy groups -OCH3 is 1. The van der Waals surface area contributed by atoms with Gasteiger partial charge in [0.1, 0.15) is 5.69 Å². The fraction of sp³-hybridized carbons (Fsp3) is 0.0952. The van der Waals surface area contributed by atoms with E-state index < -0.39 is 11.5 Å². The van der Waals surface area contributed by atoms with E-state index in [1.807, 2.05) is 6.07 Å². The molecule has 0 aliphatic heterocycles. The molecule has 0 unspecified atom stereocenters. The predicted molar refractivity (Wildman–Crippen MR) is 114 cm³/mol.